The Labute approximate surface area is 197 Å². The van der Waals surface area contributed by atoms with E-state index in [1.54, 1.807) is 30.8 Å². The van der Waals surface area contributed by atoms with Gasteiger partial charge in [-0.1, -0.05) is 12.8 Å². The van der Waals surface area contributed by atoms with Crippen molar-refractivity contribution in [2.75, 3.05) is 37.4 Å². The lowest BCUT2D eigenvalue weighted by molar-refractivity contribution is -0.121. The van der Waals surface area contributed by atoms with Gasteiger partial charge in [-0.05, 0) is 31.0 Å². The molecule has 178 valence electrons. The van der Waals surface area contributed by atoms with Gasteiger partial charge < -0.3 is 20.4 Å². The zero-order chi connectivity index (χ0) is 22.8. The third-order valence-electron chi connectivity index (χ3n) is 6.70. The van der Waals surface area contributed by atoms with Crippen LogP contribution in [0.3, 0.4) is 0 Å². The van der Waals surface area contributed by atoms with Crippen LogP contribution in [0.25, 0.3) is 10.9 Å². The molecular formula is C24H32FN5O2S. The number of ether oxygens (including phenoxy) is 1. The first kappa shape index (κ1) is 22.7. The molecule has 1 saturated heterocycles. The number of morpholine rings is 1. The summed E-state index contributed by atoms with van der Waals surface area (Å²) in [4.78, 5) is 22.5. The van der Waals surface area contributed by atoms with E-state index >= 15 is 0 Å². The molecule has 1 amide bonds. The number of nitrogens with one attached hydrogen (secondary N) is 3. The first-order valence-corrected chi connectivity index (χ1v) is 12.9. The number of aromatic amines is 1. The van der Waals surface area contributed by atoms with Gasteiger partial charge in [0.25, 0.3) is 0 Å². The Kier molecular flexibility index (Phi) is 6.89. The van der Waals surface area contributed by atoms with E-state index < -0.39 is 0 Å². The van der Waals surface area contributed by atoms with Crippen LogP contribution in [-0.2, 0) is 9.53 Å². The number of benzene rings is 1. The molecule has 2 atom stereocenters. The van der Waals surface area contributed by atoms with Crippen molar-refractivity contribution in [2.45, 2.75) is 57.3 Å². The molecule has 0 bridgehead atoms. The van der Waals surface area contributed by atoms with Gasteiger partial charge in [-0.25, -0.2) is 4.39 Å². The van der Waals surface area contributed by atoms with Crippen LogP contribution in [0.5, 0.6) is 0 Å². The summed E-state index contributed by atoms with van der Waals surface area (Å²) < 4.78 is 19.8. The fraction of sp³-hybridized carbons (Fsp3) is 0.583. The second-order valence-corrected chi connectivity index (χ2v) is 10.2. The highest BCUT2D eigenvalue weighted by Gasteiger charge is 2.29. The zero-order valence-corrected chi connectivity index (χ0v) is 19.8. The molecule has 9 heteroatoms. The molecule has 3 aliphatic rings. The number of H-pyrrole nitrogens is 1. The van der Waals surface area contributed by atoms with Gasteiger partial charge in [0, 0.05) is 43.6 Å². The highest BCUT2D eigenvalue weighted by molar-refractivity contribution is 8.14. The lowest BCUT2D eigenvalue weighted by Gasteiger charge is -2.35. The van der Waals surface area contributed by atoms with Gasteiger partial charge in [0.1, 0.15) is 10.9 Å². The van der Waals surface area contributed by atoms with Crippen LogP contribution < -0.4 is 10.6 Å². The molecule has 1 aromatic heterocycles. The predicted molar refractivity (Wildman–Crippen MR) is 132 cm³/mol. The van der Waals surface area contributed by atoms with Crippen molar-refractivity contribution in [2.24, 2.45) is 4.99 Å². The second kappa shape index (κ2) is 10.0. The minimum Gasteiger partial charge on any atom is -0.381 e. The third-order valence-corrected chi connectivity index (χ3v) is 7.85. The van der Waals surface area contributed by atoms with E-state index in [9.17, 15) is 9.18 Å². The fourth-order valence-electron chi connectivity index (χ4n) is 5.09. The van der Waals surface area contributed by atoms with E-state index in [4.69, 9.17) is 9.73 Å². The first-order valence-electron chi connectivity index (χ1n) is 11.9. The van der Waals surface area contributed by atoms with Crippen LogP contribution in [0.1, 0.15) is 44.7 Å². The number of hydrogen-bond donors (Lipinski definition) is 3. The molecule has 33 heavy (non-hydrogen) atoms. The average molecular weight is 474 g/mol. The predicted octanol–water partition coefficient (Wildman–Crippen LogP) is 3.71. The Morgan fingerprint density at radius 3 is 2.85 bits per heavy atom. The van der Waals surface area contributed by atoms with Crippen molar-refractivity contribution in [3.8, 4) is 0 Å². The van der Waals surface area contributed by atoms with Gasteiger partial charge in [0.05, 0.1) is 42.3 Å². The van der Waals surface area contributed by atoms with Crippen LogP contribution in [-0.4, -0.2) is 71.1 Å². The van der Waals surface area contributed by atoms with Gasteiger partial charge in [-0.15, -0.1) is 11.8 Å². The van der Waals surface area contributed by atoms with E-state index in [0.29, 0.717) is 19.3 Å². The summed E-state index contributed by atoms with van der Waals surface area (Å²) in [5, 5.41) is 8.45. The molecule has 1 aliphatic carbocycles. The molecule has 1 aromatic carbocycles. The van der Waals surface area contributed by atoms with Crippen LogP contribution in [0, 0.1) is 5.82 Å². The van der Waals surface area contributed by atoms with Crippen LogP contribution in [0.15, 0.2) is 23.2 Å². The average Bonchev–Trinajstić information content (AvgIpc) is 3.54. The quantitative estimate of drug-likeness (QED) is 0.571. The minimum atomic E-state index is -0.226. The van der Waals surface area contributed by atoms with E-state index in [1.165, 1.54) is 12.8 Å². The number of halogens is 1. The molecule has 2 fully saturated rings. The largest absolute Gasteiger partial charge is 0.381 e. The number of aliphatic imine (C=N–C) groups is 1. The highest BCUT2D eigenvalue weighted by Crippen LogP contribution is 2.32. The fourth-order valence-corrected chi connectivity index (χ4v) is 6.14. The molecule has 1 unspecified atom stereocenters. The van der Waals surface area contributed by atoms with Crippen LogP contribution in [0.4, 0.5) is 10.1 Å². The number of rotatable bonds is 7. The first-order chi connectivity index (χ1) is 16.0. The number of nitrogens with zero attached hydrogens (tertiary/aromatic N) is 2. The van der Waals surface area contributed by atoms with E-state index in [1.807, 2.05) is 6.07 Å². The summed E-state index contributed by atoms with van der Waals surface area (Å²) in [6.45, 7) is 4.56. The SMILES string of the molecule is CC(=O)NC(C[C@@H]1CSC(c2cc3cc(F)cc(NC4CCCC4)c3[nH]2)=N1)N1CCOCC1. The standard InChI is InChI=1S/C24H32FN5O2S/c1-15(31)26-22(30-6-8-32-9-7-30)13-19-14-33-24(28-19)21-11-16-10-17(25)12-20(23(16)29-21)27-18-4-2-3-5-18/h10-12,18-19,22,27,29H,2-9,13-14H2,1H3,(H,26,31)/t19-,22?/m1/s1. The molecule has 3 N–H and O–H groups in total. The number of hydrogen-bond acceptors (Lipinski definition) is 6. The van der Waals surface area contributed by atoms with Crippen molar-refractivity contribution in [3.05, 3.63) is 29.7 Å². The van der Waals surface area contributed by atoms with Crippen molar-refractivity contribution in [1.29, 1.82) is 0 Å². The van der Waals surface area contributed by atoms with E-state index in [0.717, 1.165) is 65.4 Å². The van der Waals surface area contributed by atoms with E-state index in [2.05, 4.69) is 20.5 Å². The summed E-state index contributed by atoms with van der Waals surface area (Å²) in [6.07, 6.45) is 5.44. The van der Waals surface area contributed by atoms with E-state index in [-0.39, 0.29) is 23.9 Å². The second-order valence-electron chi connectivity index (χ2n) is 9.23. The highest BCUT2D eigenvalue weighted by atomic mass is 32.2. The topological polar surface area (TPSA) is 81.8 Å². The lowest BCUT2D eigenvalue weighted by atomic mass is 10.1. The number of amides is 1. The molecule has 0 radical (unpaired) electrons. The Balaban J connectivity index is 1.33. The molecule has 0 spiro atoms. The zero-order valence-electron chi connectivity index (χ0n) is 19.0. The van der Waals surface area contributed by atoms with Crippen LogP contribution >= 0.6 is 11.8 Å². The Morgan fingerprint density at radius 1 is 1.30 bits per heavy atom. The molecule has 1 saturated carbocycles. The van der Waals surface area contributed by atoms with Gasteiger partial charge >= 0.3 is 0 Å². The van der Waals surface area contributed by atoms with Crippen molar-refractivity contribution >= 4 is 39.3 Å². The van der Waals surface area contributed by atoms with Gasteiger partial charge in [-0.3, -0.25) is 14.7 Å². The molecule has 2 aromatic rings. The Bertz CT molecular complexity index is 1030. The summed E-state index contributed by atoms with van der Waals surface area (Å²) >= 11 is 1.72. The molecule has 5 rings (SSSR count). The summed E-state index contributed by atoms with van der Waals surface area (Å²) in [7, 11) is 0. The number of carbonyl (C=O) groups excluding carboxylic acids is 1. The van der Waals surface area contributed by atoms with Gasteiger partial charge in [0.15, 0.2) is 0 Å². The molecule has 7 nitrogen and oxygen atoms in total. The molecule has 2 aliphatic heterocycles. The maximum absolute atomic E-state index is 14.3. The summed E-state index contributed by atoms with van der Waals surface area (Å²) in [6, 6.07) is 5.70. The van der Waals surface area contributed by atoms with Crippen molar-refractivity contribution in [1.82, 2.24) is 15.2 Å². The van der Waals surface area contributed by atoms with Crippen LogP contribution in [0.2, 0.25) is 0 Å². The van der Waals surface area contributed by atoms with Gasteiger partial charge in [0.2, 0.25) is 5.91 Å². The number of fused-ring (bicyclic) bond motifs is 1. The molecule has 3 heterocycles. The normalized spacial score (nSPS) is 23.1. The maximum atomic E-state index is 14.3. The monoisotopic (exact) mass is 473 g/mol. The number of thioether (sulfide) groups is 1. The van der Waals surface area contributed by atoms with Crippen molar-refractivity contribution in [3.63, 3.8) is 0 Å². The maximum Gasteiger partial charge on any atom is 0.218 e. The molecular weight excluding hydrogens is 441 g/mol. The lowest BCUT2D eigenvalue weighted by Crippen LogP contribution is -2.53. The Morgan fingerprint density at radius 2 is 2.09 bits per heavy atom. The van der Waals surface area contributed by atoms with Gasteiger partial charge in [-0.2, -0.15) is 0 Å². The number of carbonyl (C=O) groups is 1. The summed E-state index contributed by atoms with van der Waals surface area (Å²) in [5.41, 5.74) is 2.70. The Hall–Kier alpha value is -2.10. The number of anilines is 1. The third kappa shape index (κ3) is 5.36. The summed E-state index contributed by atoms with van der Waals surface area (Å²) in [5.74, 6) is 0.615. The number of aromatic nitrogens is 1. The smallest absolute Gasteiger partial charge is 0.218 e. The van der Waals surface area contributed by atoms with Crippen molar-refractivity contribution < 1.29 is 13.9 Å². The minimum absolute atomic E-state index is 0.0266.